The molecule has 0 aromatic heterocycles. The first-order chi connectivity index (χ1) is 17.2. The maximum Gasteiger partial charge on any atom is 0.263 e. The van der Waals surface area contributed by atoms with Gasteiger partial charge in [0.1, 0.15) is 30.8 Å². The van der Waals surface area contributed by atoms with Crippen LogP contribution in [0.5, 0.6) is 23.0 Å². The summed E-state index contributed by atoms with van der Waals surface area (Å²) in [5.41, 5.74) is 4.07. The van der Waals surface area contributed by atoms with Crippen LogP contribution in [0.1, 0.15) is 19.4 Å². The second-order valence-corrected chi connectivity index (χ2v) is 10.0. The van der Waals surface area contributed by atoms with Gasteiger partial charge >= 0.3 is 0 Å². The largest absolute Gasteiger partial charge is 0.486 e. The molecule has 0 saturated heterocycles. The number of ether oxygens (including phenoxy) is 3. The van der Waals surface area contributed by atoms with Crippen molar-refractivity contribution in [3.63, 3.8) is 0 Å². The molecule has 0 fully saturated rings. The minimum Gasteiger partial charge on any atom is -0.486 e. The molecule has 0 saturated carbocycles. The first-order valence-electron chi connectivity index (χ1n) is 11.3. The number of carbonyl (C=O) groups excluding carboxylic acids is 1. The van der Waals surface area contributed by atoms with Crippen LogP contribution in [0.2, 0.25) is 0 Å². The number of hydrogen-bond donors (Lipinski definition) is 1. The molecule has 10 heteroatoms. The fourth-order valence-electron chi connectivity index (χ4n) is 3.66. The standard InChI is InChI=1S/C26H27N3O6S/c1-18(20-9-14-24-25(17-20)34-16-15-33-24)27-28-26(30)19(2)29(36(3,31)32)21-10-12-23(13-11-21)35-22-7-5-4-6-8-22/h4-14,17,19H,15-16H2,1-3H3,(H,28,30)/b27-18-/t19-/m0/s1. The summed E-state index contributed by atoms with van der Waals surface area (Å²) in [6.07, 6.45) is 1.05. The molecule has 188 valence electrons. The molecule has 1 heterocycles. The molecule has 1 atom stereocenters. The number of anilines is 1. The van der Waals surface area contributed by atoms with Gasteiger partial charge in [0.2, 0.25) is 10.0 Å². The van der Waals surface area contributed by atoms with Gasteiger partial charge in [-0.1, -0.05) is 18.2 Å². The van der Waals surface area contributed by atoms with E-state index in [1.54, 1.807) is 43.3 Å². The van der Waals surface area contributed by atoms with E-state index in [4.69, 9.17) is 14.2 Å². The van der Waals surface area contributed by atoms with Gasteiger partial charge in [-0.3, -0.25) is 9.10 Å². The highest BCUT2D eigenvalue weighted by Gasteiger charge is 2.29. The van der Waals surface area contributed by atoms with Crippen molar-refractivity contribution in [2.24, 2.45) is 5.10 Å². The second-order valence-electron chi connectivity index (χ2n) is 8.18. The number of hydrogen-bond acceptors (Lipinski definition) is 7. The minimum atomic E-state index is -3.78. The van der Waals surface area contributed by atoms with Crippen LogP contribution in [0.25, 0.3) is 0 Å². The fraction of sp³-hybridized carbons (Fsp3) is 0.231. The van der Waals surface area contributed by atoms with Gasteiger partial charge in [0.15, 0.2) is 11.5 Å². The highest BCUT2D eigenvalue weighted by atomic mass is 32.2. The third kappa shape index (κ3) is 5.95. The number of hydrazone groups is 1. The summed E-state index contributed by atoms with van der Waals surface area (Å²) in [5, 5.41) is 4.16. The van der Waals surface area contributed by atoms with Crippen LogP contribution in [0.4, 0.5) is 5.69 Å². The smallest absolute Gasteiger partial charge is 0.263 e. The quantitative estimate of drug-likeness (QED) is 0.364. The Balaban J connectivity index is 1.47. The molecular formula is C26H27N3O6S. The SMILES string of the molecule is C/C(=N/NC(=O)[C@H](C)N(c1ccc(Oc2ccccc2)cc1)S(C)(=O)=O)c1ccc2c(c1)OCCO2. The van der Waals surface area contributed by atoms with Crippen LogP contribution >= 0.6 is 0 Å². The van der Waals surface area contributed by atoms with Gasteiger partial charge in [-0.05, 0) is 68.4 Å². The van der Waals surface area contributed by atoms with E-state index >= 15 is 0 Å². The molecule has 9 nitrogen and oxygen atoms in total. The number of amides is 1. The van der Waals surface area contributed by atoms with Gasteiger partial charge in [0, 0.05) is 5.56 Å². The van der Waals surface area contributed by atoms with Gasteiger partial charge in [-0.25, -0.2) is 13.8 Å². The molecule has 0 unspecified atom stereocenters. The Labute approximate surface area is 210 Å². The Bertz CT molecular complexity index is 1360. The lowest BCUT2D eigenvalue weighted by Gasteiger charge is -2.27. The number of nitrogens with one attached hydrogen (secondary N) is 1. The van der Waals surface area contributed by atoms with Crippen molar-refractivity contribution < 1.29 is 27.4 Å². The monoisotopic (exact) mass is 509 g/mol. The third-order valence-electron chi connectivity index (χ3n) is 5.45. The number of sulfonamides is 1. The molecular weight excluding hydrogens is 482 g/mol. The lowest BCUT2D eigenvalue weighted by Crippen LogP contribution is -2.46. The van der Waals surface area contributed by atoms with Gasteiger partial charge in [0.05, 0.1) is 17.7 Å². The van der Waals surface area contributed by atoms with Crippen molar-refractivity contribution in [2.75, 3.05) is 23.8 Å². The molecule has 36 heavy (non-hydrogen) atoms. The van der Waals surface area contributed by atoms with Crippen LogP contribution < -0.4 is 23.9 Å². The van der Waals surface area contributed by atoms with Gasteiger partial charge in [-0.2, -0.15) is 5.10 Å². The molecule has 0 radical (unpaired) electrons. The van der Waals surface area contributed by atoms with Crippen molar-refractivity contribution >= 4 is 27.3 Å². The number of rotatable bonds is 8. The number of para-hydroxylation sites is 1. The van der Waals surface area contributed by atoms with Crippen molar-refractivity contribution in [1.29, 1.82) is 0 Å². The summed E-state index contributed by atoms with van der Waals surface area (Å²) in [7, 11) is -3.78. The highest BCUT2D eigenvalue weighted by molar-refractivity contribution is 7.92. The molecule has 0 bridgehead atoms. The molecule has 1 aliphatic heterocycles. The Morgan fingerprint density at radius 2 is 1.61 bits per heavy atom. The lowest BCUT2D eigenvalue weighted by molar-refractivity contribution is -0.121. The highest BCUT2D eigenvalue weighted by Crippen LogP contribution is 2.31. The van der Waals surface area contributed by atoms with Gasteiger partial charge in [-0.15, -0.1) is 0 Å². The van der Waals surface area contributed by atoms with Crippen molar-refractivity contribution in [2.45, 2.75) is 19.9 Å². The van der Waals surface area contributed by atoms with E-state index in [-0.39, 0.29) is 0 Å². The molecule has 0 spiro atoms. The van der Waals surface area contributed by atoms with Gasteiger partial charge in [0.25, 0.3) is 5.91 Å². The lowest BCUT2D eigenvalue weighted by atomic mass is 10.1. The molecule has 4 rings (SSSR count). The van der Waals surface area contributed by atoms with Crippen molar-refractivity contribution in [3.05, 3.63) is 78.4 Å². The Hall–Kier alpha value is -4.05. The summed E-state index contributed by atoms with van der Waals surface area (Å²) >= 11 is 0. The molecule has 0 aliphatic carbocycles. The summed E-state index contributed by atoms with van der Waals surface area (Å²) in [5.74, 6) is 1.87. The Morgan fingerprint density at radius 3 is 2.28 bits per heavy atom. The summed E-state index contributed by atoms with van der Waals surface area (Å²) in [4.78, 5) is 12.9. The fourth-order valence-corrected chi connectivity index (χ4v) is 4.83. The van der Waals surface area contributed by atoms with E-state index in [1.165, 1.54) is 6.92 Å². The topological polar surface area (TPSA) is 107 Å². The molecule has 1 amide bonds. The van der Waals surface area contributed by atoms with E-state index in [0.29, 0.717) is 47.6 Å². The van der Waals surface area contributed by atoms with Crippen molar-refractivity contribution in [1.82, 2.24) is 5.43 Å². The van der Waals surface area contributed by atoms with Crippen LogP contribution in [0.3, 0.4) is 0 Å². The molecule has 1 N–H and O–H groups in total. The minimum absolute atomic E-state index is 0.327. The van der Waals surface area contributed by atoms with Crippen LogP contribution in [-0.2, 0) is 14.8 Å². The number of carbonyl (C=O) groups is 1. The average Bonchev–Trinajstić information content (AvgIpc) is 2.87. The summed E-state index contributed by atoms with van der Waals surface area (Å²) in [6, 6.07) is 20.0. The predicted octanol–water partition coefficient (Wildman–Crippen LogP) is 3.95. The first kappa shape index (κ1) is 25.1. The van der Waals surface area contributed by atoms with E-state index < -0.39 is 22.0 Å². The van der Waals surface area contributed by atoms with Gasteiger partial charge < -0.3 is 14.2 Å². The van der Waals surface area contributed by atoms with Crippen LogP contribution in [0.15, 0.2) is 77.9 Å². The normalized spacial score (nSPS) is 14.0. The van der Waals surface area contributed by atoms with E-state index in [1.807, 2.05) is 36.4 Å². The zero-order valence-electron chi connectivity index (χ0n) is 20.2. The second kappa shape index (κ2) is 10.7. The van der Waals surface area contributed by atoms with Crippen LogP contribution in [0, 0.1) is 0 Å². The first-order valence-corrected chi connectivity index (χ1v) is 13.1. The zero-order chi connectivity index (χ0) is 25.7. The average molecular weight is 510 g/mol. The number of benzene rings is 3. The number of fused-ring (bicyclic) bond motifs is 1. The summed E-state index contributed by atoms with van der Waals surface area (Å²) in [6.45, 7) is 4.18. The van der Waals surface area contributed by atoms with Crippen LogP contribution in [-0.4, -0.2) is 45.5 Å². The number of nitrogens with zero attached hydrogens (tertiary/aromatic N) is 2. The van der Waals surface area contributed by atoms with E-state index in [0.717, 1.165) is 16.1 Å². The summed E-state index contributed by atoms with van der Waals surface area (Å²) < 4.78 is 43.1. The Kier molecular flexibility index (Phi) is 7.44. The zero-order valence-corrected chi connectivity index (χ0v) is 21.0. The molecule has 3 aromatic rings. The molecule has 1 aliphatic rings. The van der Waals surface area contributed by atoms with E-state index in [9.17, 15) is 13.2 Å². The maximum absolute atomic E-state index is 12.9. The Morgan fingerprint density at radius 1 is 0.972 bits per heavy atom. The third-order valence-corrected chi connectivity index (χ3v) is 6.69. The predicted molar refractivity (Wildman–Crippen MR) is 138 cm³/mol. The molecule has 3 aromatic carbocycles. The maximum atomic E-state index is 12.9. The van der Waals surface area contributed by atoms with Crippen molar-refractivity contribution in [3.8, 4) is 23.0 Å². The van der Waals surface area contributed by atoms with E-state index in [2.05, 4.69) is 10.5 Å².